The fourth-order valence-electron chi connectivity index (χ4n) is 3.25. The fourth-order valence-corrected chi connectivity index (χ4v) is 3.62. The Morgan fingerprint density at radius 1 is 1.27 bits per heavy atom. The average Bonchev–Trinajstić information content (AvgIpc) is 2.74. The number of rotatable bonds is 6. The SMILES string of the molecule is CCC(=O)c1cc(F)c(OCC2CN(C(=O)c3cccc(Br)c3C)CCO2)c(F)c1. The molecule has 2 aromatic carbocycles. The molecule has 1 aliphatic rings. The Labute approximate surface area is 182 Å². The monoisotopic (exact) mass is 481 g/mol. The van der Waals surface area contributed by atoms with Gasteiger partial charge in [0.2, 0.25) is 0 Å². The highest BCUT2D eigenvalue weighted by Gasteiger charge is 2.27. The van der Waals surface area contributed by atoms with E-state index >= 15 is 0 Å². The molecule has 0 saturated carbocycles. The zero-order valence-electron chi connectivity index (χ0n) is 16.7. The van der Waals surface area contributed by atoms with Crippen molar-refractivity contribution in [2.75, 3.05) is 26.3 Å². The van der Waals surface area contributed by atoms with Crippen molar-refractivity contribution in [1.29, 1.82) is 0 Å². The Hall–Kier alpha value is -2.32. The first-order valence-electron chi connectivity index (χ1n) is 9.62. The molecule has 0 bridgehead atoms. The van der Waals surface area contributed by atoms with Gasteiger partial charge in [-0.05, 0) is 36.8 Å². The van der Waals surface area contributed by atoms with E-state index in [9.17, 15) is 18.4 Å². The highest BCUT2D eigenvalue weighted by molar-refractivity contribution is 9.10. The van der Waals surface area contributed by atoms with E-state index in [0.717, 1.165) is 22.2 Å². The summed E-state index contributed by atoms with van der Waals surface area (Å²) in [5.41, 5.74) is 1.39. The van der Waals surface area contributed by atoms with E-state index in [0.29, 0.717) is 18.7 Å². The van der Waals surface area contributed by atoms with Crippen molar-refractivity contribution in [2.45, 2.75) is 26.4 Å². The number of morpholine rings is 1. The summed E-state index contributed by atoms with van der Waals surface area (Å²) < 4.78 is 40.3. The number of carbonyl (C=O) groups is 2. The normalized spacial score (nSPS) is 16.4. The number of ketones is 1. The minimum absolute atomic E-state index is 0.0325. The van der Waals surface area contributed by atoms with Gasteiger partial charge in [0.1, 0.15) is 12.7 Å². The molecular weight excluding hydrogens is 460 g/mol. The summed E-state index contributed by atoms with van der Waals surface area (Å²) in [6, 6.07) is 7.36. The molecule has 1 fully saturated rings. The van der Waals surface area contributed by atoms with Gasteiger partial charge >= 0.3 is 0 Å². The molecule has 0 spiro atoms. The van der Waals surface area contributed by atoms with Gasteiger partial charge in [-0.1, -0.05) is 28.9 Å². The first-order valence-corrected chi connectivity index (χ1v) is 10.4. The third-order valence-corrected chi connectivity index (χ3v) is 5.84. The molecule has 3 rings (SSSR count). The number of hydrogen-bond donors (Lipinski definition) is 0. The van der Waals surface area contributed by atoms with Crippen LogP contribution in [0.1, 0.15) is 39.6 Å². The van der Waals surface area contributed by atoms with Crippen molar-refractivity contribution in [3.8, 4) is 5.75 Å². The van der Waals surface area contributed by atoms with Gasteiger partial charge in [0.05, 0.1) is 13.2 Å². The van der Waals surface area contributed by atoms with Gasteiger partial charge < -0.3 is 14.4 Å². The van der Waals surface area contributed by atoms with Gasteiger partial charge in [-0.2, -0.15) is 0 Å². The van der Waals surface area contributed by atoms with Crippen LogP contribution in [0.4, 0.5) is 8.78 Å². The number of carbonyl (C=O) groups excluding carboxylic acids is 2. The third-order valence-electron chi connectivity index (χ3n) is 4.98. The highest BCUT2D eigenvalue weighted by Crippen LogP contribution is 2.25. The molecule has 160 valence electrons. The van der Waals surface area contributed by atoms with Gasteiger partial charge in [-0.15, -0.1) is 0 Å². The standard InChI is InChI=1S/C22H22BrF2NO4/c1-3-20(27)14-9-18(24)21(19(25)10-14)30-12-15-11-26(7-8-29-15)22(28)16-5-4-6-17(23)13(16)2/h4-6,9-10,15H,3,7-8,11-12H2,1-2H3. The predicted molar refractivity (Wildman–Crippen MR) is 111 cm³/mol. The minimum Gasteiger partial charge on any atom is -0.485 e. The largest absolute Gasteiger partial charge is 0.485 e. The zero-order chi connectivity index (χ0) is 21.8. The van der Waals surface area contributed by atoms with Crippen molar-refractivity contribution in [1.82, 2.24) is 4.90 Å². The lowest BCUT2D eigenvalue weighted by molar-refractivity contribution is -0.0410. The van der Waals surface area contributed by atoms with Crippen LogP contribution >= 0.6 is 15.9 Å². The Kier molecular flexibility index (Phi) is 7.20. The molecule has 0 aromatic heterocycles. The summed E-state index contributed by atoms with van der Waals surface area (Å²) in [7, 11) is 0. The summed E-state index contributed by atoms with van der Waals surface area (Å²) in [6.07, 6.45) is -0.387. The maximum absolute atomic E-state index is 14.2. The molecule has 1 atom stereocenters. The molecule has 1 saturated heterocycles. The smallest absolute Gasteiger partial charge is 0.254 e. The Balaban J connectivity index is 1.66. The van der Waals surface area contributed by atoms with Crippen molar-refractivity contribution in [2.24, 2.45) is 0 Å². The number of hydrogen-bond acceptors (Lipinski definition) is 4. The van der Waals surface area contributed by atoms with Crippen molar-refractivity contribution >= 4 is 27.6 Å². The zero-order valence-corrected chi connectivity index (χ0v) is 18.3. The molecule has 0 N–H and O–H groups in total. The van der Waals surface area contributed by atoms with E-state index < -0.39 is 23.5 Å². The number of nitrogens with zero attached hydrogens (tertiary/aromatic N) is 1. The number of benzene rings is 2. The van der Waals surface area contributed by atoms with Gasteiger partial charge in [0.15, 0.2) is 23.2 Å². The van der Waals surface area contributed by atoms with E-state index in [1.807, 2.05) is 13.0 Å². The third kappa shape index (κ3) is 4.87. The molecule has 2 aromatic rings. The maximum Gasteiger partial charge on any atom is 0.254 e. The summed E-state index contributed by atoms with van der Waals surface area (Å²) in [5.74, 6) is -2.94. The lowest BCUT2D eigenvalue weighted by atomic mass is 10.1. The second-order valence-corrected chi connectivity index (χ2v) is 7.87. The van der Waals surface area contributed by atoms with Gasteiger partial charge in [-0.25, -0.2) is 8.78 Å². The predicted octanol–water partition coefficient (Wildman–Crippen LogP) is 4.55. The van der Waals surface area contributed by atoms with Crippen molar-refractivity contribution in [3.63, 3.8) is 0 Å². The van der Waals surface area contributed by atoms with Crippen LogP contribution in [0.3, 0.4) is 0 Å². The average molecular weight is 482 g/mol. The lowest BCUT2D eigenvalue weighted by Gasteiger charge is -2.33. The van der Waals surface area contributed by atoms with Crippen molar-refractivity contribution < 1.29 is 27.8 Å². The van der Waals surface area contributed by atoms with E-state index in [1.165, 1.54) is 0 Å². The molecular formula is C22H22BrF2NO4. The maximum atomic E-state index is 14.2. The summed E-state index contributed by atoms with van der Waals surface area (Å²) >= 11 is 3.43. The Morgan fingerprint density at radius 3 is 2.63 bits per heavy atom. The summed E-state index contributed by atoms with van der Waals surface area (Å²) in [5, 5.41) is 0. The van der Waals surface area contributed by atoms with Crippen LogP contribution < -0.4 is 4.74 Å². The van der Waals surface area contributed by atoms with Gasteiger partial charge in [-0.3, -0.25) is 9.59 Å². The number of halogens is 3. The van der Waals surface area contributed by atoms with Crippen LogP contribution in [0.5, 0.6) is 5.75 Å². The summed E-state index contributed by atoms with van der Waals surface area (Å²) in [4.78, 5) is 26.2. The first-order chi connectivity index (χ1) is 14.3. The number of amides is 1. The highest BCUT2D eigenvalue weighted by atomic mass is 79.9. The first kappa shape index (κ1) is 22.4. The molecule has 0 aliphatic carbocycles. The molecule has 1 heterocycles. The molecule has 1 unspecified atom stereocenters. The second-order valence-electron chi connectivity index (χ2n) is 7.01. The van der Waals surface area contributed by atoms with Crippen LogP contribution in [0.15, 0.2) is 34.8 Å². The van der Waals surface area contributed by atoms with Crippen LogP contribution in [-0.4, -0.2) is 49.0 Å². The summed E-state index contributed by atoms with van der Waals surface area (Å²) in [6.45, 7) is 4.29. The molecule has 8 heteroatoms. The second kappa shape index (κ2) is 9.66. The molecule has 1 aliphatic heterocycles. The van der Waals surface area contributed by atoms with E-state index in [4.69, 9.17) is 9.47 Å². The fraction of sp³-hybridized carbons (Fsp3) is 0.364. The van der Waals surface area contributed by atoms with E-state index in [2.05, 4.69) is 15.9 Å². The quantitative estimate of drug-likeness (QED) is 0.568. The van der Waals surface area contributed by atoms with E-state index in [-0.39, 0.29) is 36.8 Å². The molecule has 0 radical (unpaired) electrons. The van der Waals surface area contributed by atoms with Crippen molar-refractivity contribution in [3.05, 3.63) is 63.1 Å². The van der Waals surface area contributed by atoms with Gasteiger partial charge in [0.25, 0.3) is 5.91 Å². The topological polar surface area (TPSA) is 55.8 Å². The van der Waals surface area contributed by atoms with Crippen LogP contribution in [0.25, 0.3) is 0 Å². The molecule has 1 amide bonds. The van der Waals surface area contributed by atoms with Crippen LogP contribution in [0, 0.1) is 18.6 Å². The Bertz CT molecular complexity index is 943. The molecule has 30 heavy (non-hydrogen) atoms. The molecule has 5 nitrogen and oxygen atoms in total. The lowest BCUT2D eigenvalue weighted by Crippen LogP contribution is -2.47. The van der Waals surface area contributed by atoms with E-state index in [1.54, 1.807) is 24.0 Å². The number of ether oxygens (including phenoxy) is 2. The Morgan fingerprint density at radius 2 is 1.97 bits per heavy atom. The van der Waals surface area contributed by atoms with Crippen LogP contribution in [0.2, 0.25) is 0 Å². The van der Waals surface area contributed by atoms with Gasteiger partial charge in [0, 0.05) is 28.6 Å². The minimum atomic E-state index is -0.944. The number of Topliss-reactive ketones (excluding diaryl/α,β-unsaturated/α-hetero) is 1. The van der Waals surface area contributed by atoms with Crippen LogP contribution in [-0.2, 0) is 4.74 Å².